The number of nitrogens with zero attached hydrogens (tertiary/aromatic N) is 4. The molecule has 0 amide bonds. The van der Waals surface area contributed by atoms with Crippen molar-refractivity contribution in [1.82, 2.24) is 20.0 Å². The van der Waals surface area contributed by atoms with Crippen LogP contribution < -0.4 is 5.32 Å². The zero-order valence-corrected chi connectivity index (χ0v) is 14.3. The molecule has 0 saturated heterocycles. The lowest BCUT2D eigenvalue weighted by Crippen LogP contribution is -2.29. The van der Waals surface area contributed by atoms with Gasteiger partial charge >= 0.3 is 0 Å². The molecule has 3 aromatic rings. The first-order valence-electron chi connectivity index (χ1n) is 8.03. The van der Waals surface area contributed by atoms with Gasteiger partial charge in [-0.25, -0.2) is 9.97 Å². The van der Waals surface area contributed by atoms with E-state index >= 15 is 0 Å². The Kier molecular flexibility index (Phi) is 4.27. The summed E-state index contributed by atoms with van der Waals surface area (Å²) in [5.41, 5.74) is 2.16. The molecule has 0 atom stereocenters. The highest BCUT2D eigenvalue weighted by molar-refractivity contribution is 7.11. The van der Waals surface area contributed by atoms with Gasteiger partial charge < -0.3 is 9.84 Å². The Morgan fingerprint density at radius 2 is 2.17 bits per heavy atom. The van der Waals surface area contributed by atoms with E-state index in [2.05, 4.69) is 44.4 Å². The number of aromatic nitrogens is 3. The number of aryl methyl sites for hydroxylation is 1. The topological polar surface area (TPSA) is 67.1 Å². The highest BCUT2D eigenvalue weighted by Gasteiger charge is 2.24. The lowest BCUT2D eigenvalue weighted by Gasteiger charge is -2.25. The van der Waals surface area contributed by atoms with Crippen molar-refractivity contribution in [2.75, 3.05) is 11.9 Å². The molecule has 1 aliphatic rings. The van der Waals surface area contributed by atoms with Gasteiger partial charge in [0.15, 0.2) is 0 Å². The Hall–Kier alpha value is -2.25. The van der Waals surface area contributed by atoms with Crippen LogP contribution in [0, 0.1) is 6.92 Å². The summed E-state index contributed by atoms with van der Waals surface area (Å²) >= 11 is 1.87. The van der Waals surface area contributed by atoms with Gasteiger partial charge in [0, 0.05) is 53.8 Å². The molecule has 0 aliphatic carbocycles. The molecule has 4 heterocycles. The average Bonchev–Trinajstić information content (AvgIpc) is 3.20. The Morgan fingerprint density at radius 3 is 2.96 bits per heavy atom. The second-order valence-electron chi connectivity index (χ2n) is 5.93. The van der Waals surface area contributed by atoms with E-state index < -0.39 is 0 Å². The molecule has 7 heteroatoms. The van der Waals surface area contributed by atoms with E-state index in [0.717, 1.165) is 37.5 Å². The van der Waals surface area contributed by atoms with Crippen molar-refractivity contribution in [2.45, 2.75) is 33.0 Å². The van der Waals surface area contributed by atoms with Gasteiger partial charge in [0.2, 0.25) is 5.95 Å². The number of nitrogens with one attached hydrogen (secondary N) is 1. The van der Waals surface area contributed by atoms with Gasteiger partial charge in [-0.1, -0.05) is 5.16 Å². The van der Waals surface area contributed by atoms with E-state index in [0.29, 0.717) is 12.5 Å². The van der Waals surface area contributed by atoms with E-state index in [1.807, 2.05) is 11.3 Å². The fourth-order valence-corrected chi connectivity index (χ4v) is 3.87. The van der Waals surface area contributed by atoms with Crippen molar-refractivity contribution in [3.8, 4) is 0 Å². The summed E-state index contributed by atoms with van der Waals surface area (Å²) in [5, 5.41) is 7.45. The Morgan fingerprint density at radius 1 is 1.29 bits per heavy atom. The third-order valence-electron chi connectivity index (χ3n) is 4.14. The number of anilines is 1. The van der Waals surface area contributed by atoms with Gasteiger partial charge in [-0.2, -0.15) is 0 Å². The molecule has 0 spiro atoms. The molecule has 24 heavy (non-hydrogen) atoms. The second kappa shape index (κ2) is 6.70. The van der Waals surface area contributed by atoms with Gasteiger partial charge in [-0.3, -0.25) is 4.90 Å². The lowest BCUT2D eigenvalue weighted by atomic mass is 10.1. The SMILES string of the molecule is Cc1ccc(CN2CCc3onc(CNc4ncccn4)c3C2)s1. The molecule has 1 N–H and O–H groups in total. The summed E-state index contributed by atoms with van der Waals surface area (Å²) < 4.78 is 5.52. The minimum atomic E-state index is 0.578. The third-order valence-corrected chi connectivity index (χ3v) is 5.13. The number of fused-ring (bicyclic) bond motifs is 1. The zero-order valence-electron chi connectivity index (χ0n) is 13.5. The normalized spacial score (nSPS) is 14.5. The summed E-state index contributed by atoms with van der Waals surface area (Å²) in [4.78, 5) is 13.6. The molecule has 4 rings (SSSR count). The molecule has 0 saturated carbocycles. The quantitative estimate of drug-likeness (QED) is 0.769. The monoisotopic (exact) mass is 341 g/mol. The average molecular weight is 341 g/mol. The first-order chi connectivity index (χ1) is 11.8. The van der Waals surface area contributed by atoms with Gasteiger partial charge in [0.25, 0.3) is 0 Å². The van der Waals surface area contributed by atoms with Crippen molar-refractivity contribution in [3.63, 3.8) is 0 Å². The number of hydrogen-bond acceptors (Lipinski definition) is 7. The molecule has 6 nitrogen and oxygen atoms in total. The van der Waals surface area contributed by atoms with Gasteiger partial charge in [0.05, 0.1) is 6.54 Å². The highest BCUT2D eigenvalue weighted by Crippen LogP contribution is 2.25. The predicted molar refractivity (Wildman–Crippen MR) is 92.7 cm³/mol. The Balaban J connectivity index is 1.43. The Labute approximate surface area is 144 Å². The summed E-state index contributed by atoms with van der Waals surface area (Å²) in [5.74, 6) is 1.62. The van der Waals surface area contributed by atoms with Gasteiger partial charge in [0.1, 0.15) is 11.5 Å². The van der Waals surface area contributed by atoms with Crippen molar-refractivity contribution in [1.29, 1.82) is 0 Å². The van der Waals surface area contributed by atoms with Gasteiger partial charge in [-0.15, -0.1) is 11.3 Å². The van der Waals surface area contributed by atoms with Crippen molar-refractivity contribution >= 4 is 17.3 Å². The van der Waals surface area contributed by atoms with E-state index in [1.165, 1.54) is 15.3 Å². The molecular formula is C17H19N5OS. The fraction of sp³-hybridized carbons (Fsp3) is 0.353. The van der Waals surface area contributed by atoms with Gasteiger partial charge in [-0.05, 0) is 25.1 Å². The minimum absolute atomic E-state index is 0.578. The Bertz CT molecular complexity index is 814. The van der Waals surface area contributed by atoms with Crippen LogP contribution in [-0.2, 0) is 26.1 Å². The maximum Gasteiger partial charge on any atom is 0.222 e. The van der Waals surface area contributed by atoms with Crippen LogP contribution in [0.2, 0.25) is 0 Å². The largest absolute Gasteiger partial charge is 0.361 e. The van der Waals surface area contributed by atoms with Crippen LogP contribution in [-0.4, -0.2) is 26.6 Å². The van der Waals surface area contributed by atoms with Crippen LogP contribution in [0.4, 0.5) is 5.95 Å². The summed E-state index contributed by atoms with van der Waals surface area (Å²) in [6, 6.07) is 6.20. The maximum absolute atomic E-state index is 5.52. The summed E-state index contributed by atoms with van der Waals surface area (Å²) in [6.07, 6.45) is 4.35. The highest BCUT2D eigenvalue weighted by atomic mass is 32.1. The summed E-state index contributed by atoms with van der Waals surface area (Å²) in [6.45, 7) is 5.60. The molecular weight excluding hydrogens is 322 g/mol. The van der Waals surface area contributed by atoms with Crippen LogP contribution in [0.15, 0.2) is 35.1 Å². The van der Waals surface area contributed by atoms with Crippen LogP contribution in [0.25, 0.3) is 0 Å². The first-order valence-corrected chi connectivity index (χ1v) is 8.84. The number of hydrogen-bond donors (Lipinski definition) is 1. The molecule has 3 aromatic heterocycles. The van der Waals surface area contributed by atoms with Crippen LogP contribution in [0.5, 0.6) is 0 Å². The zero-order chi connectivity index (χ0) is 16.4. The lowest BCUT2D eigenvalue weighted by molar-refractivity contribution is 0.230. The first kappa shape index (κ1) is 15.3. The molecule has 0 unspecified atom stereocenters. The van der Waals surface area contributed by atoms with Crippen molar-refractivity contribution in [3.05, 3.63) is 57.4 Å². The molecule has 0 fully saturated rings. The van der Waals surface area contributed by atoms with E-state index in [-0.39, 0.29) is 0 Å². The molecule has 124 valence electrons. The third kappa shape index (κ3) is 3.32. The fourth-order valence-electron chi connectivity index (χ4n) is 2.94. The predicted octanol–water partition coefficient (Wildman–Crippen LogP) is 3.00. The smallest absolute Gasteiger partial charge is 0.222 e. The standard InChI is InChI=1S/C17H19N5OS/c1-12-3-4-13(24-12)10-22-8-5-16-14(11-22)15(21-23-16)9-20-17-18-6-2-7-19-17/h2-4,6-7H,5,8-11H2,1H3,(H,18,19,20). The number of rotatable bonds is 5. The number of thiophene rings is 1. The van der Waals surface area contributed by atoms with E-state index in [4.69, 9.17) is 4.52 Å². The summed E-state index contributed by atoms with van der Waals surface area (Å²) in [7, 11) is 0. The van der Waals surface area contributed by atoms with Crippen LogP contribution in [0.3, 0.4) is 0 Å². The molecule has 0 aromatic carbocycles. The van der Waals surface area contributed by atoms with Crippen LogP contribution in [0.1, 0.15) is 26.8 Å². The van der Waals surface area contributed by atoms with E-state index in [9.17, 15) is 0 Å². The van der Waals surface area contributed by atoms with E-state index in [1.54, 1.807) is 18.5 Å². The maximum atomic E-state index is 5.52. The van der Waals surface area contributed by atoms with Crippen molar-refractivity contribution in [2.24, 2.45) is 0 Å². The second-order valence-corrected chi connectivity index (χ2v) is 7.30. The van der Waals surface area contributed by atoms with Crippen LogP contribution >= 0.6 is 11.3 Å². The molecule has 1 aliphatic heterocycles. The van der Waals surface area contributed by atoms with Crippen molar-refractivity contribution < 1.29 is 4.52 Å². The minimum Gasteiger partial charge on any atom is -0.361 e. The molecule has 0 bridgehead atoms. The molecule has 0 radical (unpaired) electrons.